The third kappa shape index (κ3) is 3.88. The van der Waals surface area contributed by atoms with Crippen LogP contribution in [0.1, 0.15) is 18.6 Å². The molecule has 0 spiro atoms. The number of anilines is 1. The Morgan fingerprint density at radius 2 is 1.64 bits per heavy atom. The first-order valence-corrected chi connectivity index (χ1v) is 9.78. The van der Waals surface area contributed by atoms with E-state index < -0.39 is 6.10 Å². The number of nitrogens with one attached hydrogen (secondary N) is 1. The first-order valence-electron chi connectivity index (χ1n) is 8.99. The van der Waals surface area contributed by atoms with E-state index in [-0.39, 0.29) is 6.04 Å². The summed E-state index contributed by atoms with van der Waals surface area (Å²) in [5, 5.41) is 15.1. The second kappa shape index (κ2) is 8.04. The third-order valence-electron chi connectivity index (χ3n) is 4.59. The Hall–Kier alpha value is -2.83. The standard InChI is InChI=1S/C22H19BrN4O/c1-14(20(28)15-6-8-17(23)9-7-15)25-22-18-4-2-3-5-19(18)26-21(27-22)16-10-12-24-13-11-16/h2-14,20,28H,1H3,(H,25,26,27)/t14-,20+/m0/s1. The lowest BCUT2D eigenvalue weighted by molar-refractivity contribution is 0.160. The van der Waals surface area contributed by atoms with Gasteiger partial charge in [0.1, 0.15) is 5.82 Å². The Bertz CT molecular complexity index is 1090. The smallest absolute Gasteiger partial charge is 0.162 e. The topological polar surface area (TPSA) is 70.9 Å². The van der Waals surface area contributed by atoms with Gasteiger partial charge < -0.3 is 10.4 Å². The van der Waals surface area contributed by atoms with Crippen molar-refractivity contribution >= 4 is 32.7 Å². The third-order valence-corrected chi connectivity index (χ3v) is 5.12. The van der Waals surface area contributed by atoms with Gasteiger partial charge in [-0.25, -0.2) is 9.97 Å². The molecule has 2 N–H and O–H groups in total. The quantitative estimate of drug-likeness (QED) is 0.462. The van der Waals surface area contributed by atoms with Crippen LogP contribution < -0.4 is 5.32 Å². The molecule has 140 valence electrons. The van der Waals surface area contributed by atoms with Crippen molar-refractivity contribution in [2.45, 2.75) is 19.1 Å². The molecule has 5 nitrogen and oxygen atoms in total. The number of hydrogen-bond donors (Lipinski definition) is 2. The van der Waals surface area contributed by atoms with Crippen LogP contribution >= 0.6 is 15.9 Å². The molecule has 0 aliphatic heterocycles. The molecule has 28 heavy (non-hydrogen) atoms. The first kappa shape index (κ1) is 18.5. The number of hydrogen-bond acceptors (Lipinski definition) is 5. The molecular weight excluding hydrogens is 416 g/mol. The first-order chi connectivity index (χ1) is 13.6. The van der Waals surface area contributed by atoms with Crippen LogP contribution in [0.3, 0.4) is 0 Å². The van der Waals surface area contributed by atoms with Gasteiger partial charge in [-0.1, -0.05) is 40.2 Å². The monoisotopic (exact) mass is 434 g/mol. The molecule has 2 aromatic carbocycles. The lowest BCUT2D eigenvalue weighted by Crippen LogP contribution is -2.25. The minimum Gasteiger partial charge on any atom is -0.386 e. The molecule has 2 heterocycles. The van der Waals surface area contributed by atoms with E-state index in [1.807, 2.05) is 67.6 Å². The molecule has 4 rings (SSSR count). The van der Waals surface area contributed by atoms with Crippen LogP contribution in [-0.4, -0.2) is 26.1 Å². The van der Waals surface area contributed by atoms with Crippen LogP contribution in [0.2, 0.25) is 0 Å². The van der Waals surface area contributed by atoms with Gasteiger partial charge in [0, 0.05) is 27.8 Å². The van der Waals surface area contributed by atoms with Crippen LogP contribution in [0.5, 0.6) is 0 Å². The molecule has 2 atom stereocenters. The molecule has 0 amide bonds. The lowest BCUT2D eigenvalue weighted by Gasteiger charge is -2.22. The second-order valence-electron chi connectivity index (χ2n) is 6.58. The molecule has 2 aromatic heterocycles. The molecule has 0 saturated carbocycles. The van der Waals surface area contributed by atoms with Gasteiger partial charge >= 0.3 is 0 Å². The van der Waals surface area contributed by atoms with Crippen molar-refractivity contribution < 1.29 is 5.11 Å². The number of nitrogens with zero attached hydrogens (tertiary/aromatic N) is 3. The minimum atomic E-state index is -0.675. The zero-order valence-corrected chi connectivity index (χ0v) is 16.8. The van der Waals surface area contributed by atoms with Crippen LogP contribution in [0.25, 0.3) is 22.3 Å². The fourth-order valence-electron chi connectivity index (χ4n) is 3.06. The van der Waals surface area contributed by atoms with E-state index in [4.69, 9.17) is 4.98 Å². The summed E-state index contributed by atoms with van der Waals surface area (Å²) in [6.07, 6.45) is 2.77. The highest BCUT2D eigenvalue weighted by Gasteiger charge is 2.18. The van der Waals surface area contributed by atoms with Crippen molar-refractivity contribution in [2.24, 2.45) is 0 Å². The van der Waals surface area contributed by atoms with Gasteiger partial charge in [0.15, 0.2) is 5.82 Å². The van der Waals surface area contributed by atoms with Crippen LogP contribution in [0, 0.1) is 0 Å². The number of benzene rings is 2. The number of aliphatic hydroxyl groups is 1. The SMILES string of the molecule is C[C@H](Nc1nc(-c2ccncc2)nc2ccccc12)[C@@H](O)c1ccc(Br)cc1. The molecular formula is C22H19BrN4O. The average molecular weight is 435 g/mol. The Morgan fingerprint density at radius 3 is 2.39 bits per heavy atom. The summed E-state index contributed by atoms with van der Waals surface area (Å²) in [6.45, 7) is 1.94. The summed E-state index contributed by atoms with van der Waals surface area (Å²) in [5.74, 6) is 1.31. The van der Waals surface area contributed by atoms with Crippen LogP contribution in [-0.2, 0) is 0 Å². The van der Waals surface area contributed by atoms with E-state index in [1.54, 1.807) is 12.4 Å². The van der Waals surface area contributed by atoms with Gasteiger partial charge in [-0.05, 0) is 48.9 Å². The van der Waals surface area contributed by atoms with Crippen LogP contribution in [0.15, 0.2) is 77.5 Å². The summed E-state index contributed by atoms with van der Waals surface area (Å²) >= 11 is 3.42. The van der Waals surface area contributed by atoms with Gasteiger partial charge in [0.2, 0.25) is 0 Å². The highest BCUT2D eigenvalue weighted by atomic mass is 79.9. The van der Waals surface area contributed by atoms with Gasteiger partial charge in [0.05, 0.1) is 17.7 Å². The fraction of sp³-hybridized carbons (Fsp3) is 0.136. The number of rotatable bonds is 5. The largest absolute Gasteiger partial charge is 0.386 e. The molecule has 0 aliphatic rings. The molecule has 0 unspecified atom stereocenters. The van der Waals surface area contributed by atoms with Gasteiger partial charge in [0.25, 0.3) is 0 Å². The predicted molar refractivity (Wildman–Crippen MR) is 115 cm³/mol. The Morgan fingerprint density at radius 1 is 0.929 bits per heavy atom. The highest BCUT2D eigenvalue weighted by molar-refractivity contribution is 9.10. The van der Waals surface area contributed by atoms with E-state index in [1.165, 1.54) is 0 Å². The normalized spacial score (nSPS) is 13.2. The molecule has 0 bridgehead atoms. The Kier molecular flexibility index (Phi) is 5.32. The number of pyridine rings is 1. The van der Waals surface area contributed by atoms with Gasteiger partial charge in [-0.15, -0.1) is 0 Å². The summed E-state index contributed by atoms with van der Waals surface area (Å²) in [5.41, 5.74) is 2.58. The molecule has 4 aromatic rings. The van der Waals surface area contributed by atoms with Gasteiger partial charge in [-0.2, -0.15) is 0 Å². The maximum absolute atomic E-state index is 10.8. The lowest BCUT2D eigenvalue weighted by atomic mass is 10.0. The number of fused-ring (bicyclic) bond motifs is 1. The van der Waals surface area contributed by atoms with Crippen molar-refractivity contribution in [3.8, 4) is 11.4 Å². The maximum atomic E-state index is 10.8. The molecule has 6 heteroatoms. The number of halogens is 1. The molecule has 0 fully saturated rings. The van der Waals surface area contributed by atoms with E-state index in [0.29, 0.717) is 11.6 Å². The summed E-state index contributed by atoms with van der Waals surface area (Å²) in [4.78, 5) is 13.5. The molecule has 0 radical (unpaired) electrons. The Labute approximate surface area is 171 Å². The average Bonchev–Trinajstić information content (AvgIpc) is 2.74. The van der Waals surface area contributed by atoms with E-state index in [2.05, 4.69) is 31.2 Å². The highest BCUT2D eigenvalue weighted by Crippen LogP contribution is 2.27. The van der Waals surface area contributed by atoms with Crippen molar-refractivity contribution in [1.29, 1.82) is 0 Å². The molecule has 0 saturated heterocycles. The summed E-state index contributed by atoms with van der Waals surface area (Å²) in [6, 6.07) is 19.0. The van der Waals surface area contributed by atoms with Crippen molar-refractivity contribution in [2.75, 3.05) is 5.32 Å². The van der Waals surface area contributed by atoms with E-state index in [0.717, 1.165) is 26.5 Å². The zero-order chi connectivity index (χ0) is 19.5. The number of aliphatic hydroxyl groups excluding tert-OH is 1. The van der Waals surface area contributed by atoms with Crippen LogP contribution in [0.4, 0.5) is 5.82 Å². The number of aromatic nitrogens is 3. The predicted octanol–water partition coefficient (Wildman–Crippen LogP) is 4.99. The minimum absolute atomic E-state index is 0.246. The summed E-state index contributed by atoms with van der Waals surface area (Å²) in [7, 11) is 0. The second-order valence-corrected chi connectivity index (χ2v) is 7.49. The van der Waals surface area contributed by atoms with Crippen molar-refractivity contribution in [1.82, 2.24) is 15.0 Å². The Balaban J connectivity index is 1.70. The van der Waals surface area contributed by atoms with Gasteiger partial charge in [-0.3, -0.25) is 4.98 Å². The fourth-order valence-corrected chi connectivity index (χ4v) is 3.32. The zero-order valence-electron chi connectivity index (χ0n) is 15.2. The van der Waals surface area contributed by atoms with E-state index in [9.17, 15) is 5.11 Å². The van der Waals surface area contributed by atoms with Crippen molar-refractivity contribution in [3.05, 3.63) is 83.1 Å². The number of para-hydroxylation sites is 1. The van der Waals surface area contributed by atoms with Crippen molar-refractivity contribution in [3.63, 3.8) is 0 Å². The summed E-state index contributed by atoms with van der Waals surface area (Å²) < 4.78 is 0.979. The maximum Gasteiger partial charge on any atom is 0.162 e. The molecule has 0 aliphatic carbocycles. The van der Waals surface area contributed by atoms with E-state index >= 15 is 0 Å².